The van der Waals surface area contributed by atoms with E-state index in [0.29, 0.717) is 0 Å². The number of imide groups is 1. The molecule has 4 atom stereocenters. The summed E-state index contributed by atoms with van der Waals surface area (Å²) in [5.74, 6) is -8.09. The Bertz CT molecular complexity index is 1320. The first kappa shape index (κ1) is 22.4. The van der Waals surface area contributed by atoms with Crippen molar-refractivity contribution in [1.82, 2.24) is 9.88 Å². The molecular formula is C21H12Cl4F2N4O3. The number of benzene rings is 1. The summed E-state index contributed by atoms with van der Waals surface area (Å²) in [7, 11) is 0. The van der Waals surface area contributed by atoms with Crippen molar-refractivity contribution in [3.63, 3.8) is 0 Å². The number of rotatable bonds is 1. The molecule has 3 saturated heterocycles. The van der Waals surface area contributed by atoms with Crippen LogP contribution in [0.2, 0.25) is 20.2 Å². The lowest BCUT2D eigenvalue weighted by Crippen LogP contribution is -2.55. The summed E-state index contributed by atoms with van der Waals surface area (Å²) >= 11 is 24.5. The summed E-state index contributed by atoms with van der Waals surface area (Å²) in [4.78, 5) is 47.1. The molecule has 34 heavy (non-hydrogen) atoms. The SMILES string of the molecule is O=C1C2C3CC(F)(F)CN3C3(C(=O)Nc4c(Cl)cc(Cl)cc43)C2C(=O)N1c1cc(Cl)cc(Cl)n1. The molecule has 5 heterocycles. The number of amides is 3. The van der Waals surface area contributed by atoms with Crippen LogP contribution in [-0.4, -0.2) is 46.1 Å². The Kier molecular flexibility index (Phi) is 4.62. The van der Waals surface area contributed by atoms with E-state index in [2.05, 4.69) is 10.3 Å². The molecule has 4 aliphatic rings. The highest BCUT2D eigenvalue weighted by Crippen LogP contribution is 2.63. The van der Waals surface area contributed by atoms with Crippen molar-refractivity contribution in [3.8, 4) is 0 Å². The molecule has 3 fully saturated rings. The minimum atomic E-state index is -3.18. The Hall–Kier alpha value is -2.04. The van der Waals surface area contributed by atoms with Gasteiger partial charge in [0.25, 0.3) is 11.8 Å². The van der Waals surface area contributed by atoms with Gasteiger partial charge in [0.05, 0.1) is 29.1 Å². The van der Waals surface area contributed by atoms with Crippen molar-refractivity contribution < 1.29 is 23.2 Å². The predicted octanol–water partition coefficient (Wildman–Crippen LogP) is 4.37. The second-order valence-corrected chi connectivity index (χ2v) is 10.4. The van der Waals surface area contributed by atoms with E-state index in [0.717, 1.165) is 4.90 Å². The predicted molar refractivity (Wildman–Crippen MR) is 121 cm³/mol. The lowest BCUT2D eigenvalue weighted by atomic mass is 9.75. The van der Waals surface area contributed by atoms with Crippen LogP contribution in [-0.2, 0) is 19.9 Å². The molecule has 3 amide bonds. The number of nitrogens with zero attached hydrogens (tertiary/aromatic N) is 3. The van der Waals surface area contributed by atoms with Crippen LogP contribution in [0.4, 0.5) is 20.3 Å². The van der Waals surface area contributed by atoms with Crippen molar-refractivity contribution in [2.24, 2.45) is 11.8 Å². The molecule has 2 aromatic rings. The maximum Gasteiger partial charge on any atom is 0.262 e. The van der Waals surface area contributed by atoms with E-state index in [1.165, 1.54) is 29.2 Å². The summed E-state index contributed by atoms with van der Waals surface area (Å²) in [6.07, 6.45) is -0.691. The van der Waals surface area contributed by atoms with E-state index in [-0.39, 0.29) is 37.3 Å². The van der Waals surface area contributed by atoms with Crippen LogP contribution in [0.25, 0.3) is 0 Å². The van der Waals surface area contributed by atoms with Gasteiger partial charge in [-0.25, -0.2) is 18.7 Å². The first-order chi connectivity index (χ1) is 16.0. The number of carbonyl (C=O) groups excluding carboxylic acids is 3. The lowest BCUT2D eigenvalue weighted by molar-refractivity contribution is -0.136. The maximum atomic E-state index is 14.7. The van der Waals surface area contributed by atoms with E-state index in [9.17, 15) is 23.2 Å². The van der Waals surface area contributed by atoms with Gasteiger partial charge in [-0.15, -0.1) is 0 Å². The summed E-state index contributed by atoms with van der Waals surface area (Å²) in [6.45, 7) is -0.802. The van der Waals surface area contributed by atoms with E-state index < -0.39 is 60.0 Å². The molecule has 4 unspecified atom stereocenters. The summed E-state index contributed by atoms with van der Waals surface area (Å²) in [6, 6.07) is 4.34. The highest BCUT2D eigenvalue weighted by atomic mass is 35.5. The van der Waals surface area contributed by atoms with Gasteiger partial charge in [0.15, 0.2) is 0 Å². The number of hydrogen-bond acceptors (Lipinski definition) is 5. The number of halogens is 6. The third kappa shape index (κ3) is 2.73. The largest absolute Gasteiger partial charge is 0.323 e. The van der Waals surface area contributed by atoms with Crippen LogP contribution >= 0.6 is 46.4 Å². The summed E-state index contributed by atoms with van der Waals surface area (Å²) in [5.41, 5.74) is -1.54. The second-order valence-electron chi connectivity index (χ2n) is 8.77. The highest BCUT2D eigenvalue weighted by molar-refractivity contribution is 6.38. The van der Waals surface area contributed by atoms with Crippen LogP contribution in [0.3, 0.4) is 0 Å². The Labute approximate surface area is 210 Å². The van der Waals surface area contributed by atoms with Crippen molar-refractivity contribution >= 4 is 75.6 Å². The molecule has 1 aromatic carbocycles. The normalized spacial score (nSPS) is 31.3. The van der Waals surface area contributed by atoms with Gasteiger partial charge in [0.2, 0.25) is 11.8 Å². The monoisotopic (exact) mass is 546 g/mol. The van der Waals surface area contributed by atoms with Crippen LogP contribution < -0.4 is 10.2 Å². The van der Waals surface area contributed by atoms with Gasteiger partial charge in [-0.05, 0) is 18.2 Å². The average molecular weight is 548 g/mol. The van der Waals surface area contributed by atoms with Crippen molar-refractivity contribution in [2.45, 2.75) is 23.9 Å². The highest BCUT2D eigenvalue weighted by Gasteiger charge is 2.77. The van der Waals surface area contributed by atoms with Crippen molar-refractivity contribution in [2.75, 3.05) is 16.8 Å². The van der Waals surface area contributed by atoms with Crippen molar-refractivity contribution in [3.05, 3.63) is 50.0 Å². The topological polar surface area (TPSA) is 82.6 Å². The maximum absolute atomic E-state index is 14.7. The molecule has 1 aromatic heterocycles. The molecule has 0 aliphatic carbocycles. The number of aromatic nitrogens is 1. The van der Waals surface area contributed by atoms with E-state index in [1.54, 1.807) is 0 Å². The van der Waals surface area contributed by atoms with Gasteiger partial charge in [-0.1, -0.05) is 46.4 Å². The quantitative estimate of drug-likeness (QED) is 0.423. The molecule has 7 nitrogen and oxygen atoms in total. The van der Waals surface area contributed by atoms with Crippen LogP contribution in [0.1, 0.15) is 12.0 Å². The average Bonchev–Trinajstić information content (AvgIpc) is 3.35. The molecule has 176 valence electrons. The fourth-order valence-corrected chi connectivity index (χ4v) is 6.97. The number of fused-ring (bicyclic) bond motifs is 7. The molecule has 4 aliphatic heterocycles. The van der Waals surface area contributed by atoms with E-state index in [1.807, 2.05) is 0 Å². The number of pyridine rings is 1. The fourth-order valence-electron chi connectivity index (χ4n) is 5.97. The zero-order chi connectivity index (χ0) is 24.3. The number of anilines is 2. The standard InChI is InChI=1S/C21H12Cl4F2N4O3/c22-7-1-9-16(10(24)2-7)29-19(34)21(9)15-14(11-5-20(26,27)6-30(11)21)17(32)31(18(15)33)13-4-8(23)3-12(25)28-13/h1-4,11,14-15H,5-6H2,(H,29,34). The van der Waals surface area contributed by atoms with Gasteiger partial charge in [0, 0.05) is 34.1 Å². The van der Waals surface area contributed by atoms with Crippen LogP contribution in [0.15, 0.2) is 24.3 Å². The minimum absolute atomic E-state index is 0.0635. The molecule has 0 saturated carbocycles. The van der Waals surface area contributed by atoms with E-state index in [4.69, 9.17) is 46.4 Å². The molecule has 0 bridgehead atoms. The second kappa shape index (κ2) is 7.01. The number of alkyl halides is 2. The van der Waals surface area contributed by atoms with E-state index >= 15 is 0 Å². The number of carbonyl (C=O) groups is 3. The lowest BCUT2D eigenvalue weighted by Gasteiger charge is -2.36. The molecule has 1 spiro atoms. The van der Waals surface area contributed by atoms with Crippen LogP contribution in [0.5, 0.6) is 0 Å². The van der Waals surface area contributed by atoms with Crippen molar-refractivity contribution in [1.29, 1.82) is 0 Å². The zero-order valence-corrected chi connectivity index (χ0v) is 19.8. The number of hydrogen-bond donors (Lipinski definition) is 1. The third-order valence-corrected chi connectivity index (χ3v) is 7.93. The Morgan fingerprint density at radius 3 is 2.41 bits per heavy atom. The minimum Gasteiger partial charge on any atom is -0.323 e. The molecule has 1 N–H and O–H groups in total. The summed E-state index contributed by atoms with van der Waals surface area (Å²) in [5, 5.41) is 2.94. The van der Waals surface area contributed by atoms with Gasteiger partial charge < -0.3 is 5.32 Å². The zero-order valence-electron chi connectivity index (χ0n) is 16.8. The van der Waals surface area contributed by atoms with Crippen LogP contribution in [0, 0.1) is 11.8 Å². The fraction of sp³-hybridized carbons (Fsp3) is 0.333. The Balaban J connectivity index is 1.59. The molecular weight excluding hydrogens is 536 g/mol. The number of nitrogens with one attached hydrogen (secondary N) is 1. The van der Waals surface area contributed by atoms with Gasteiger partial charge in [0.1, 0.15) is 16.5 Å². The Morgan fingerprint density at radius 2 is 1.71 bits per heavy atom. The van der Waals surface area contributed by atoms with Gasteiger partial charge in [-0.3, -0.25) is 19.3 Å². The molecule has 13 heteroatoms. The summed E-state index contributed by atoms with van der Waals surface area (Å²) < 4.78 is 29.4. The van der Waals surface area contributed by atoms with Gasteiger partial charge >= 0.3 is 0 Å². The molecule has 6 rings (SSSR count). The Morgan fingerprint density at radius 1 is 1.00 bits per heavy atom. The smallest absolute Gasteiger partial charge is 0.262 e. The molecule has 0 radical (unpaired) electrons. The van der Waals surface area contributed by atoms with Gasteiger partial charge in [-0.2, -0.15) is 0 Å². The third-order valence-electron chi connectivity index (χ3n) is 7.00. The first-order valence-corrected chi connectivity index (χ1v) is 11.6. The first-order valence-electron chi connectivity index (χ1n) is 10.1.